The van der Waals surface area contributed by atoms with E-state index in [2.05, 4.69) is 25.5 Å². The van der Waals surface area contributed by atoms with Gasteiger partial charge in [0.1, 0.15) is 17.4 Å². The van der Waals surface area contributed by atoms with Gasteiger partial charge in [0, 0.05) is 19.3 Å². The Bertz CT molecular complexity index is 979. The summed E-state index contributed by atoms with van der Waals surface area (Å²) in [4.78, 5) is 20.6. The number of carbonyl (C=O) groups is 1. The molecular formula is C16H15F3N6O2. The average molecular weight is 380 g/mol. The molecule has 1 atom stereocenters. The summed E-state index contributed by atoms with van der Waals surface area (Å²) in [5.41, 5.74) is 0.0806. The molecule has 3 rings (SSSR count). The van der Waals surface area contributed by atoms with Gasteiger partial charge in [0.05, 0.1) is 0 Å². The Hall–Kier alpha value is -3.24. The Morgan fingerprint density at radius 3 is 2.70 bits per heavy atom. The highest BCUT2D eigenvalue weighted by Gasteiger charge is 2.35. The molecule has 3 heterocycles. The van der Waals surface area contributed by atoms with Crippen LogP contribution >= 0.6 is 0 Å². The number of rotatable bonds is 4. The van der Waals surface area contributed by atoms with Gasteiger partial charge in [-0.1, -0.05) is 5.16 Å². The SMILES string of the molecule is Cc1ccnc(-c2noc([C@H](C)NC(=O)c3cc(C(F)(F)F)nn3C)n2)c1. The van der Waals surface area contributed by atoms with Crippen LogP contribution in [0.15, 0.2) is 28.9 Å². The molecular weight excluding hydrogens is 365 g/mol. The minimum Gasteiger partial charge on any atom is -0.339 e. The van der Waals surface area contributed by atoms with E-state index in [9.17, 15) is 18.0 Å². The molecule has 0 aliphatic heterocycles. The van der Waals surface area contributed by atoms with E-state index < -0.39 is 23.8 Å². The zero-order valence-corrected chi connectivity index (χ0v) is 14.6. The summed E-state index contributed by atoms with van der Waals surface area (Å²) in [5.74, 6) is -0.406. The van der Waals surface area contributed by atoms with E-state index in [0.717, 1.165) is 10.2 Å². The van der Waals surface area contributed by atoms with Gasteiger partial charge in [0.2, 0.25) is 11.7 Å². The van der Waals surface area contributed by atoms with Crippen LogP contribution in [-0.2, 0) is 13.2 Å². The number of carbonyl (C=O) groups excluding carboxylic acids is 1. The van der Waals surface area contributed by atoms with Crippen LogP contribution in [0.2, 0.25) is 0 Å². The molecule has 0 saturated heterocycles. The van der Waals surface area contributed by atoms with Crippen LogP contribution in [0.25, 0.3) is 11.5 Å². The number of halogens is 3. The van der Waals surface area contributed by atoms with Crippen molar-refractivity contribution >= 4 is 5.91 Å². The van der Waals surface area contributed by atoms with Crippen LogP contribution in [0.5, 0.6) is 0 Å². The molecule has 27 heavy (non-hydrogen) atoms. The fraction of sp³-hybridized carbons (Fsp3) is 0.312. The Labute approximate surface area is 151 Å². The van der Waals surface area contributed by atoms with Crippen LogP contribution < -0.4 is 5.32 Å². The van der Waals surface area contributed by atoms with Gasteiger partial charge in [0.15, 0.2) is 5.69 Å². The van der Waals surface area contributed by atoms with Crippen molar-refractivity contribution in [3.05, 3.63) is 47.2 Å². The predicted octanol–water partition coefficient (Wildman–Crippen LogP) is 2.68. The summed E-state index contributed by atoms with van der Waals surface area (Å²) >= 11 is 0. The van der Waals surface area contributed by atoms with Crippen molar-refractivity contribution in [2.45, 2.75) is 26.1 Å². The van der Waals surface area contributed by atoms with Gasteiger partial charge in [-0.3, -0.25) is 14.5 Å². The standard InChI is InChI=1S/C16H15F3N6O2/c1-8-4-5-20-10(6-8)13-22-15(27-24-13)9(2)21-14(26)11-7-12(16(17,18)19)23-25(11)3/h4-7,9H,1-3H3,(H,21,26)/t9-/m0/s1. The zero-order chi connectivity index (χ0) is 19.8. The predicted molar refractivity (Wildman–Crippen MR) is 86.4 cm³/mol. The molecule has 1 N–H and O–H groups in total. The van der Waals surface area contributed by atoms with Crippen molar-refractivity contribution in [2.75, 3.05) is 0 Å². The van der Waals surface area contributed by atoms with Crippen molar-refractivity contribution in [3.63, 3.8) is 0 Å². The molecule has 0 unspecified atom stereocenters. The molecule has 11 heteroatoms. The lowest BCUT2D eigenvalue weighted by Gasteiger charge is -2.09. The van der Waals surface area contributed by atoms with Crippen LogP contribution in [0, 0.1) is 6.92 Å². The van der Waals surface area contributed by atoms with Crippen LogP contribution in [-0.4, -0.2) is 30.8 Å². The van der Waals surface area contributed by atoms with Crippen LogP contribution in [0.1, 0.15) is 40.6 Å². The Morgan fingerprint density at radius 2 is 2.07 bits per heavy atom. The van der Waals surface area contributed by atoms with Crippen molar-refractivity contribution in [1.29, 1.82) is 0 Å². The third-order valence-electron chi connectivity index (χ3n) is 3.71. The van der Waals surface area contributed by atoms with Crippen molar-refractivity contribution in [1.82, 2.24) is 30.2 Å². The Kier molecular flexibility index (Phi) is 4.68. The smallest absolute Gasteiger partial charge is 0.339 e. The quantitative estimate of drug-likeness (QED) is 0.747. The molecule has 0 aromatic carbocycles. The fourth-order valence-corrected chi connectivity index (χ4v) is 2.32. The van der Waals surface area contributed by atoms with E-state index in [1.165, 1.54) is 7.05 Å². The van der Waals surface area contributed by atoms with E-state index in [-0.39, 0.29) is 17.4 Å². The minimum absolute atomic E-state index is 0.0971. The molecule has 0 aliphatic rings. The van der Waals surface area contributed by atoms with Gasteiger partial charge < -0.3 is 9.84 Å². The maximum atomic E-state index is 12.7. The molecule has 0 fully saturated rings. The zero-order valence-electron chi connectivity index (χ0n) is 14.6. The second kappa shape index (κ2) is 6.82. The Morgan fingerprint density at radius 1 is 1.33 bits per heavy atom. The van der Waals surface area contributed by atoms with Gasteiger partial charge in [-0.05, 0) is 31.5 Å². The second-order valence-electron chi connectivity index (χ2n) is 5.91. The van der Waals surface area contributed by atoms with Gasteiger partial charge in [0.25, 0.3) is 5.91 Å². The van der Waals surface area contributed by atoms with E-state index in [4.69, 9.17) is 4.52 Å². The third-order valence-corrected chi connectivity index (χ3v) is 3.71. The number of pyridine rings is 1. The number of nitrogens with zero attached hydrogens (tertiary/aromatic N) is 5. The maximum Gasteiger partial charge on any atom is 0.435 e. The lowest BCUT2D eigenvalue weighted by atomic mass is 10.2. The number of aromatic nitrogens is 5. The Balaban J connectivity index is 1.75. The number of hydrogen-bond donors (Lipinski definition) is 1. The number of amides is 1. The van der Waals surface area contributed by atoms with Crippen LogP contribution in [0.4, 0.5) is 13.2 Å². The van der Waals surface area contributed by atoms with Crippen molar-refractivity contribution in [2.24, 2.45) is 7.05 Å². The molecule has 8 nitrogen and oxygen atoms in total. The highest BCUT2D eigenvalue weighted by atomic mass is 19.4. The first kappa shape index (κ1) is 18.5. The molecule has 0 saturated carbocycles. The first-order valence-electron chi connectivity index (χ1n) is 7.84. The van der Waals surface area contributed by atoms with Gasteiger partial charge >= 0.3 is 6.18 Å². The molecule has 1 amide bonds. The number of hydrogen-bond acceptors (Lipinski definition) is 6. The molecule has 0 spiro atoms. The molecule has 142 valence electrons. The van der Waals surface area contributed by atoms with Gasteiger partial charge in [-0.15, -0.1) is 0 Å². The third kappa shape index (κ3) is 3.96. The first-order valence-corrected chi connectivity index (χ1v) is 7.84. The lowest BCUT2D eigenvalue weighted by Crippen LogP contribution is -2.28. The second-order valence-corrected chi connectivity index (χ2v) is 5.91. The summed E-state index contributed by atoms with van der Waals surface area (Å²) in [6, 6.07) is 3.54. The normalized spacial score (nSPS) is 12.8. The number of aryl methyl sites for hydroxylation is 2. The summed E-state index contributed by atoms with van der Waals surface area (Å²) < 4.78 is 44.1. The van der Waals surface area contributed by atoms with Gasteiger partial charge in [-0.25, -0.2) is 0 Å². The fourth-order valence-electron chi connectivity index (χ4n) is 2.32. The monoisotopic (exact) mass is 380 g/mol. The van der Waals surface area contributed by atoms with E-state index >= 15 is 0 Å². The van der Waals surface area contributed by atoms with Crippen molar-refractivity contribution in [3.8, 4) is 11.5 Å². The highest BCUT2D eigenvalue weighted by molar-refractivity contribution is 5.92. The summed E-state index contributed by atoms with van der Waals surface area (Å²) in [6.45, 7) is 3.46. The molecule has 3 aromatic heterocycles. The number of nitrogens with one attached hydrogen (secondary N) is 1. The van der Waals surface area contributed by atoms with E-state index in [0.29, 0.717) is 11.8 Å². The largest absolute Gasteiger partial charge is 0.435 e. The lowest BCUT2D eigenvalue weighted by molar-refractivity contribution is -0.141. The highest BCUT2D eigenvalue weighted by Crippen LogP contribution is 2.28. The summed E-state index contributed by atoms with van der Waals surface area (Å²) in [5, 5.41) is 9.63. The van der Waals surface area contributed by atoms with E-state index in [1.807, 2.05) is 13.0 Å². The first-order chi connectivity index (χ1) is 12.6. The van der Waals surface area contributed by atoms with Crippen molar-refractivity contribution < 1.29 is 22.5 Å². The van der Waals surface area contributed by atoms with E-state index in [1.54, 1.807) is 19.2 Å². The molecule has 0 aliphatic carbocycles. The molecule has 0 bridgehead atoms. The van der Waals surface area contributed by atoms with Gasteiger partial charge in [-0.2, -0.15) is 23.3 Å². The summed E-state index contributed by atoms with van der Waals surface area (Å²) in [7, 11) is 1.25. The molecule has 3 aromatic rings. The molecule has 0 radical (unpaired) electrons. The average Bonchev–Trinajstić information content (AvgIpc) is 3.21. The van der Waals surface area contributed by atoms with Crippen LogP contribution in [0.3, 0.4) is 0 Å². The number of alkyl halides is 3. The minimum atomic E-state index is -4.63. The summed E-state index contributed by atoms with van der Waals surface area (Å²) in [6.07, 6.45) is -3.03. The topological polar surface area (TPSA) is 98.7 Å². The maximum absolute atomic E-state index is 12.7.